The Morgan fingerprint density at radius 1 is 1.19 bits per heavy atom. The molecule has 2 heterocycles. The van der Waals surface area contributed by atoms with Crippen molar-refractivity contribution in [1.29, 1.82) is 0 Å². The molecule has 0 saturated carbocycles. The van der Waals surface area contributed by atoms with Crippen molar-refractivity contribution in [2.24, 2.45) is 0 Å². The topological polar surface area (TPSA) is 72.6 Å². The molecule has 7 heteroatoms. The molecule has 0 radical (unpaired) electrons. The van der Waals surface area contributed by atoms with Gasteiger partial charge in [-0.3, -0.25) is 0 Å². The molecule has 1 aliphatic rings. The van der Waals surface area contributed by atoms with Gasteiger partial charge >= 0.3 is 0 Å². The molecule has 1 unspecified atom stereocenters. The molecule has 142 valence electrons. The maximum atomic E-state index is 12.8. The number of aromatic nitrogens is 1. The largest absolute Gasteiger partial charge is 0.446 e. The Kier molecular flexibility index (Phi) is 5.79. The lowest BCUT2D eigenvalue weighted by Gasteiger charge is -2.25. The predicted molar refractivity (Wildman–Crippen MR) is 99.4 cm³/mol. The van der Waals surface area contributed by atoms with E-state index < -0.39 is 10.0 Å². The molecule has 0 bridgehead atoms. The van der Waals surface area contributed by atoms with E-state index in [9.17, 15) is 8.42 Å². The minimum absolute atomic E-state index is 0.169. The van der Waals surface area contributed by atoms with Crippen LogP contribution in [0.3, 0.4) is 0 Å². The standard InChI is InChI=1S/C19H26N2O4S/c1-14-19(20-15(2)25-14)16-7-9-18(10-8-16)26(22,23)21(3)12-11-17-6-4-5-13-24-17/h7-10,17H,4-6,11-13H2,1-3H3. The van der Waals surface area contributed by atoms with Crippen molar-refractivity contribution in [3.63, 3.8) is 0 Å². The molecule has 3 rings (SSSR count). The van der Waals surface area contributed by atoms with Gasteiger partial charge in [0.2, 0.25) is 10.0 Å². The zero-order valence-corrected chi connectivity index (χ0v) is 16.4. The Balaban J connectivity index is 1.69. The molecule has 1 aromatic heterocycles. The maximum Gasteiger partial charge on any atom is 0.242 e. The highest BCUT2D eigenvalue weighted by atomic mass is 32.2. The Morgan fingerprint density at radius 3 is 2.50 bits per heavy atom. The zero-order valence-electron chi connectivity index (χ0n) is 15.6. The van der Waals surface area contributed by atoms with E-state index in [1.807, 2.05) is 6.92 Å². The van der Waals surface area contributed by atoms with Crippen LogP contribution in [0.1, 0.15) is 37.3 Å². The average molecular weight is 378 g/mol. The maximum absolute atomic E-state index is 12.8. The molecule has 6 nitrogen and oxygen atoms in total. The first kappa shape index (κ1) is 19.1. The van der Waals surface area contributed by atoms with E-state index in [4.69, 9.17) is 9.15 Å². The summed E-state index contributed by atoms with van der Waals surface area (Å²) in [5.41, 5.74) is 1.59. The molecule has 0 N–H and O–H groups in total. The summed E-state index contributed by atoms with van der Waals surface area (Å²) >= 11 is 0. The highest BCUT2D eigenvalue weighted by Crippen LogP contribution is 2.25. The lowest BCUT2D eigenvalue weighted by molar-refractivity contribution is 0.00950. The van der Waals surface area contributed by atoms with Gasteiger partial charge < -0.3 is 9.15 Å². The van der Waals surface area contributed by atoms with Crippen molar-refractivity contribution in [2.45, 2.75) is 50.5 Å². The Morgan fingerprint density at radius 2 is 1.92 bits per heavy atom. The number of oxazole rings is 1. The van der Waals surface area contributed by atoms with Crippen LogP contribution in [0.15, 0.2) is 33.6 Å². The molecule has 0 amide bonds. The summed E-state index contributed by atoms with van der Waals surface area (Å²) in [7, 11) is -1.89. The fraction of sp³-hybridized carbons (Fsp3) is 0.526. The fourth-order valence-electron chi connectivity index (χ4n) is 3.24. The summed E-state index contributed by atoms with van der Waals surface area (Å²) in [6, 6.07) is 6.80. The van der Waals surface area contributed by atoms with Gasteiger partial charge in [0, 0.05) is 32.7 Å². The molecule has 1 aromatic carbocycles. The highest BCUT2D eigenvalue weighted by molar-refractivity contribution is 7.89. The monoisotopic (exact) mass is 378 g/mol. The molecule has 0 spiro atoms. The van der Waals surface area contributed by atoms with E-state index in [-0.39, 0.29) is 11.0 Å². The predicted octanol–water partition coefficient (Wildman–Crippen LogP) is 3.54. The van der Waals surface area contributed by atoms with Crippen molar-refractivity contribution in [2.75, 3.05) is 20.2 Å². The second-order valence-corrected chi connectivity index (χ2v) is 8.81. The number of nitrogens with zero attached hydrogens (tertiary/aromatic N) is 2. The van der Waals surface area contributed by atoms with E-state index in [0.29, 0.717) is 12.4 Å². The van der Waals surface area contributed by atoms with Crippen LogP contribution in [-0.4, -0.2) is 44.0 Å². The molecule has 1 aliphatic heterocycles. The number of rotatable bonds is 6. The summed E-state index contributed by atoms with van der Waals surface area (Å²) in [4.78, 5) is 4.63. The van der Waals surface area contributed by atoms with Crippen molar-refractivity contribution >= 4 is 10.0 Å². The second-order valence-electron chi connectivity index (χ2n) is 6.77. The third-order valence-electron chi connectivity index (χ3n) is 4.78. The van der Waals surface area contributed by atoms with Crippen LogP contribution in [-0.2, 0) is 14.8 Å². The van der Waals surface area contributed by atoms with Crippen LogP contribution in [0.2, 0.25) is 0 Å². The Labute approximate surface area is 155 Å². The number of hydrogen-bond acceptors (Lipinski definition) is 5. The normalized spacial score (nSPS) is 18.4. The smallest absolute Gasteiger partial charge is 0.242 e. The summed E-state index contributed by atoms with van der Waals surface area (Å²) in [5.74, 6) is 1.32. The lowest BCUT2D eigenvalue weighted by Crippen LogP contribution is -2.31. The van der Waals surface area contributed by atoms with E-state index >= 15 is 0 Å². The SMILES string of the molecule is Cc1nc(-c2ccc(S(=O)(=O)N(C)CCC3CCCCO3)cc2)c(C)o1. The average Bonchev–Trinajstić information content (AvgIpc) is 2.98. The van der Waals surface area contributed by atoms with E-state index in [0.717, 1.165) is 49.3 Å². The van der Waals surface area contributed by atoms with Gasteiger partial charge in [-0.1, -0.05) is 12.1 Å². The molecule has 26 heavy (non-hydrogen) atoms. The quantitative estimate of drug-likeness (QED) is 0.769. The van der Waals surface area contributed by atoms with Crippen LogP contribution < -0.4 is 0 Å². The molecular weight excluding hydrogens is 352 g/mol. The lowest BCUT2D eigenvalue weighted by atomic mass is 10.1. The summed E-state index contributed by atoms with van der Waals surface area (Å²) in [5, 5.41) is 0. The first-order valence-corrected chi connectivity index (χ1v) is 10.4. The summed E-state index contributed by atoms with van der Waals surface area (Å²) in [6.07, 6.45) is 4.16. The third-order valence-corrected chi connectivity index (χ3v) is 6.65. The second kappa shape index (κ2) is 7.90. The van der Waals surface area contributed by atoms with Gasteiger partial charge in [0.15, 0.2) is 5.89 Å². The van der Waals surface area contributed by atoms with Crippen molar-refractivity contribution < 1.29 is 17.6 Å². The minimum atomic E-state index is -3.51. The van der Waals surface area contributed by atoms with Crippen molar-refractivity contribution in [3.8, 4) is 11.3 Å². The zero-order chi connectivity index (χ0) is 18.7. The molecule has 1 fully saturated rings. The van der Waals surface area contributed by atoms with Gasteiger partial charge in [-0.15, -0.1) is 0 Å². The number of ether oxygens (including phenoxy) is 1. The van der Waals surface area contributed by atoms with Crippen LogP contribution in [0.5, 0.6) is 0 Å². The number of benzene rings is 1. The van der Waals surface area contributed by atoms with E-state index in [2.05, 4.69) is 4.98 Å². The van der Waals surface area contributed by atoms with Crippen molar-refractivity contribution in [1.82, 2.24) is 9.29 Å². The van der Waals surface area contributed by atoms with Crippen LogP contribution in [0.4, 0.5) is 0 Å². The van der Waals surface area contributed by atoms with E-state index in [1.54, 1.807) is 38.2 Å². The molecular formula is C19H26N2O4S. The van der Waals surface area contributed by atoms with Gasteiger partial charge in [0.25, 0.3) is 0 Å². The molecule has 2 aromatic rings. The van der Waals surface area contributed by atoms with Gasteiger partial charge in [0.05, 0.1) is 11.0 Å². The first-order valence-electron chi connectivity index (χ1n) is 9.00. The summed E-state index contributed by atoms with van der Waals surface area (Å²) < 4.78 is 38.1. The van der Waals surface area contributed by atoms with Gasteiger partial charge in [-0.05, 0) is 44.7 Å². The van der Waals surface area contributed by atoms with Gasteiger partial charge in [0.1, 0.15) is 11.5 Å². The van der Waals surface area contributed by atoms with Gasteiger partial charge in [-0.2, -0.15) is 0 Å². The molecule has 0 aliphatic carbocycles. The van der Waals surface area contributed by atoms with Gasteiger partial charge in [-0.25, -0.2) is 17.7 Å². The molecule has 1 atom stereocenters. The first-order chi connectivity index (χ1) is 12.4. The van der Waals surface area contributed by atoms with E-state index in [1.165, 1.54) is 4.31 Å². The molecule has 1 saturated heterocycles. The minimum Gasteiger partial charge on any atom is -0.446 e. The Bertz CT molecular complexity index is 837. The highest BCUT2D eigenvalue weighted by Gasteiger charge is 2.23. The number of sulfonamides is 1. The van der Waals surface area contributed by atoms with Crippen molar-refractivity contribution in [3.05, 3.63) is 35.9 Å². The van der Waals surface area contributed by atoms with Crippen LogP contribution in [0.25, 0.3) is 11.3 Å². The fourth-order valence-corrected chi connectivity index (χ4v) is 4.43. The number of aryl methyl sites for hydroxylation is 2. The van der Waals surface area contributed by atoms with Crippen LogP contribution in [0, 0.1) is 13.8 Å². The number of hydrogen-bond donors (Lipinski definition) is 0. The summed E-state index contributed by atoms with van der Waals surface area (Å²) in [6.45, 7) is 4.88. The third kappa shape index (κ3) is 4.16. The Hall–Kier alpha value is -1.70. The van der Waals surface area contributed by atoms with Crippen LogP contribution >= 0.6 is 0 Å².